The van der Waals surface area contributed by atoms with E-state index in [4.69, 9.17) is 0 Å². The van der Waals surface area contributed by atoms with E-state index in [0.29, 0.717) is 0 Å². The van der Waals surface area contributed by atoms with Crippen molar-refractivity contribution in [1.82, 2.24) is 10.2 Å². The van der Waals surface area contributed by atoms with Crippen LogP contribution in [0.15, 0.2) is 23.0 Å². The number of aryl methyl sites for hydroxylation is 2. The van der Waals surface area contributed by atoms with Crippen LogP contribution in [-0.4, -0.2) is 10.2 Å². The molecule has 1 N–H and O–H groups in total. The smallest absolute Gasteiger partial charge is 0.267 e. The van der Waals surface area contributed by atoms with Crippen molar-refractivity contribution in [3.63, 3.8) is 0 Å². The molecule has 3 nitrogen and oxygen atoms in total. The predicted molar refractivity (Wildman–Crippen MR) is 69.2 cm³/mol. The average Bonchev–Trinajstić information content (AvgIpc) is 2.28. The van der Waals surface area contributed by atoms with Crippen LogP contribution >= 0.6 is 0 Å². The molecule has 0 fully saturated rings. The van der Waals surface area contributed by atoms with Crippen molar-refractivity contribution in [3.05, 3.63) is 50.8 Å². The number of aromatic nitrogens is 2. The van der Waals surface area contributed by atoms with Gasteiger partial charge in [0.1, 0.15) is 0 Å². The van der Waals surface area contributed by atoms with Crippen molar-refractivity contribution in [2.45, 2.75) is 27.7 Å². The number of hydrogen-bond acceptors (Lipinski definition) is 2. The maximum atomic E-state index is 11.4. The third-order valence-electron chi connectivity index (χ3n) is 3.16. The maximum Gasteiger partial charge on any atom is 0.267 e. The lowest BCUT2D eigenvalue weighted by Crippen LogP contribution is -2.14. The Morgan fingerprint density at radius 2 is 1.76 bits per heavy atom. The lowest BCUT2D eigenvalue weighted by Gasteiger charge is -2.10. The van der Waals surface area contributed by atoms with Crippen molar-refractivity contribution in [3.8, 4) is 11.3 Å². The molecule has 0 aliphatic carbocycles. The first-order chi connectivity index (χ1) is 8.00. The van der Waals surface area contributed by atoms with Crippen LogP contribution in [0.2, 0.25) is 0 Å². The van der Waals surface area contributed by atoms with E-state index in [9.17, 15) is 4.79 Å². The number of benzene rings is 1. The Kier molecular flexibility index (Phi) is 2.84. The van der Waals surface area contributed by atoms with E-state index >= 15 is 0 Å². The van der Waals surface area contributed by atoms with Gasteiger partial charge in [-0.2, -0.15) is 5.10 Å². The molecular weight excluding hydrogens is 212 g/mol. The topological polar surface area (TPSA) is 45.8 Å². The van der Waals surface area contributed by atoms with E-state index < -0.39 is 0 Å². The Bertz CT molecular complexity index is 627. The largest absolute Gasteiger partial charge is 0.268 e. The predicted octanol–water partition coefficient (Wildman–Crippen LogP) is 2.67. The molecule has 1 aromatic heterocycles. The van der Waals surface area contributed by atoms with Gasteiger partial charge < -0.3 is 0 Å². The Morgan fingerprint density at radius 3 is 2.41 bits per heavy atom. The summed E-state index contributed by atoms with van der Waals surface area (Å²) in [4.78, 5) is 11.4. The molecule has 1 aromatic carbocycles. The molecule has 0 saturated carbocycles. The van der Waals surface area contributed by atoms with Crippen LogP contribution < -0.4 is 5.56 Å². The van der Waals surface area contributed by atoms with E-state index in [2.05, 4.69) is 42.2 Å². The molecule has 0 aliphatic rings. The Morgan fingerprint density at radius 1 is 1.06 bits per heavy atom. The highest BCUT2D eigenvalue weighted by Gasteiger charge is 2.10. The summed E-state index contributed by atoms with van der Waals surface area (Å²) in [6, 6.07) is 6.23. The van der Waals surface area contributed by atoms with Crippen molar-refractivity contribution in [2.24, 2.45) is 0 Å². The molecule has 0 spiro atoms. The number of hydrogen-bond donors (Lipinski definition) is 1. The Balaban J connectivity index is 2.69. The minimum Gasteiger partial charge on any atom is -0.268 e. The van der Waals surface area contributed by atoms with Crippen LogP contribution in [0.3, 0.4) is 0 Å². The number of rotatable bonds is 1. The first-order valence-electron chi connectivity index (χ1n) is 5.64. The van der Waals surface area contributed by atoms with Crippen LogP contribution in [-0.2, 0) is 0 Å². The fraction of sp³-hybridized carbons (Fsp3) is 0.286. The van der Waals surface area contributed by atoms with Crippen LogP contribution in [0.25, 0.3) is 11.3 Å². The molecule has 2 aromatic rings. The molecule has 0 bridgehead atoms. The highest BCUT2D eigenvalue weighted by Crippen LogP contribution is 2.25. The second-order valence-corrected chi connectivity index (χ2v) is 4.47. The monoisotopic (exact) mass is 228 g/mol. The second kappa shape index (κ2) is 4.17. The molecule has 0 saturated heterocycles. The van der Waals surface area contributed by atoms with Gasteiger partial charge in [0.15, 0.2) is 0 Å². The zero-order chi connectivity index (χ0) is 12.6. The number of nitrogens with zero attached hydrogens (tertiary/aromatic N) is 1. The summed E-state index contributed by atoms with van der Waals surface area (Å²) in [5.74, 6) is 0. The zero-order valence-electron chi connectivity index (χ0n) is 10.6. The fourth-order valence-electron chi connectivity index (χ4n) is 1.96. The van der Waals surface area contributed by atoms with Crippen molar-refractivity contribution < 1.29 is 0 Å². The van der Waals surface area contributed by atoms with Gasteiger partial charge in [-0.3, -0.25) is 4.79 Å². The highest BCUT2D eigenvalue weighted by atomic mass is 16.1. The van der Waals surface area contributed by atoms with Gasteiger partial charge in [-0.05, 0) is 38.8 Å². The average molecular weight is 228 g/mol. The van der Waals surface area contributed by atoms with E-state index in [1.54, 1.807) is 0 Å². The van der Waals surface area contributed by atoms with Crippen LogP contribution in [0.5, 0.6) is 0 Å². The maximum absolute atomic E-state index is 11.4. The van der Waals surface area contributed by atoms with E-state index in [0.717, 1.165) is 22.4 Å². The molecule has 1 heterocycles. The van der Waals surface area contributed by atoms with Gasteiger partial charge >= 0.3 is 0 Å². The molecule has 0 unspecified atom stereocenters. The number of aromatic amines is 1. The van der Waals surface area contributed by atoms with Gasteiger partial charge in [-0.15, -0.1) is 0 Å². The second-order valence-electron chi connectivity index (χ2n) is 4.47. The molecule has 88 valence electrons. The molecule has 0 radical (unpaired) electrons. The quantitative estimate of drug-likeness (QED) is 0.815. The zero-order valence-corrected chi connectivity index (χ0v) is 10.6. The molecule has 2 rings (SSSR count). The SMILES string of the molecule is Cc1ccc(-c2n[nH]c(=O)c(C)c2C)c(C)c1. The Labute approximate surface area is 101 Å². The lowest BCUT2D eigenvalue weighted by atomic mass is 9.99. The first-order valence-corrected chi connectivity index (χ1v) is 5.64. The summed E-state index contributed by atoms with van der Waals surface area (Å²) in [5.41, 5.74) is 5.90. The van der Waals surface area contributed by atoms with E-state index in [1.807, 2.05) is 13.8 Å². The fourth-order valence-corrected chi connectivity index (χ4v) is 1.96. The lowest BCUT2D eigenvalue weighted by molar-refractivity contribution is 0.957. The third kappa shape index (κ3) is 2.00. The van der Waals surface area contributed by atoms with Crippen LogP contribution in [0, 0.1) is 27.7 Å². The van der Waals surface area contributed by atoms with Gasteiger partial charge in [0.2, 0.25) is 0 Å². The van der Waals surface area contributed by atoms with Gasteiger partial charge in [0.25, 0.3) is 5.56 Å². The Hall–Kier alpha value is -1.90. The minimum atomic E-state index is -0.115. The number of H-pyrrole nitrogens is 1. The molecule has 0 atom stereocenters. The van der Waals surface area contributed by atoms with Gasteiger partial charge in [-0.25, -0.2) is 5.10 Å². The van der Waals surface area contributed by atoms with Gasteiger partial charge in [0, 0.05) is 11.1 Å². The van der Waals surface area contributed by atoms with E-state index in [1.165, 1.54) is 11.1 Å². The molecular formula is C14H16N2O. The summed E-state index contributed by atoms with van der Waals surface area (Å²) >= 11 is 0. The van der Waals surface area contributed by atoms with Crippen molar-refractivity contribution >= 4 is 0 Å². The minimum absolute atomic E-state index is 0.115. The summed E-state index contributed by atoms with van der Waals surface area (Å²) in [6.07, 6.45) is 0. The van der Waals surface area contributed by atoms with E-state index in [-0.39, 0.29) is 5.56 Å². The standard InChI is InChI=1S/C14H16N2O/c1-8-5-6-12(9(2)7-8)13-10(3)11(4)14(17)16-15-13/h5-7H,1-4H3,(H,16,17). The van der Waals surface area contributed by atoms with Crippen molar-refractivity contribution in [1.29, 1.82) is 0 Å². The molecule has 3 heteroatoms. The third-order valence-corrected chi connectivity index (χ3v) is 3.16. The van der Waals surface area contributed by atoms with Crippen LogP contribution in [0.1, 0.15) is 22.3 Å². The summed E-state index contributed by atoms with van der Waals surface area (Å²) in [6.45, 7) is 7.88. The normalized spacial score (nSPS) is 10.6. The number of nitrogens with one attached hydrogen (secondary N) is 1. The summed E-state index contributed by atoms with van der Waals surface area (Å²) in [5, 5.41) is 6.71. The molecule has 0 amide bonds. The van der Waals surface area contributed by atoms with Crippen LogP contribution in [0.4, 0.5) is 0 Å². The van der Waals surface area contributed by atoms with Gasteiger partial charge in [-0.1, -0.05) is 23.8 Å². The summed E-state index contributed by atoms with van der Waals surface area (Å²) in [7, 11) is 0. The van der Waals surface area contributed by atoms with Crippen molar-refractivity contribution in [2.75, 3.05) is 0 Å². The molecule has 17 heavy (non-hydrogen) atoms. The highest BCUT2D eigenvalue weighted by molar-refractivity contribution is 5.67. The molecule has 0 aliphatic heterocycles. The van der Waals surface area contributed by atoms with Gasteiger partial charge in [0.05, 0.1) is 5.69 Å². The first kappa shape index (κ1) is 11.6. The summed E-state index contributed by atoms with van der Waals surface area (Å²) < 4.78 is 0.